The molecule has 1 atom stereocenters. The van der Waals surface area contributed by atoms with Crippen molar-refractivity contribution >= 4 is 21.9 Å². The van der Waals surface area contributed by atoms with Gasteiger partial charge in [-0.05, 0) is 37.1 Å². The maximum Gasteiger partial charge on any atom is 0.334 e. The van der Waals surface area contributed by atoms with Crippen LogP contribution in [0.25, 0.3) is 0 Å². The van der Waals surface area contributed by atoms with Crippen molar-refractivity contribution in [1.82, 2.24) is 9.62 Å². The second-order valence-corrected chi connectivity index (χ2v) is 7.70. The van der Waals surface area contributed by atoms with Gasteiger partial charge in [0.25, 0.3) is 5.91 Å². The van der Waals surface area contributed by atoms with E-state index in [1.807, 2.05) is 0 Å². The van der Waals surface area contributed by atoms with Gasteiger partial charge >= 0.3 is 5.97 Å². The van der Waals surface area contributed by atoms with Gasteiger partial charge in [-0.15, -0.1) is 0 Å². The summed E-state index contributed by atoms with van der Waals surface area (Å²) >= 11 is 0. The molecule has 1 aliphatic rings. The Morgan fingerprint density at radius 2 is 1.80 bits per heavy atom. The number of benzene rings is 1. The Balaban J connectivity index is 2.03. The molecule has 1 fully saturated rings. The number of ether oxygens (including phenoxy) is 1. The van der Waals surface area contributed by atoms with Gasteiger partial charge in [0.05, 0.1) is 11.4 Å². The zero-order chi connectivity index (χ0) is 18.4. The first-order valence-corrected chi connectivity index (χ1v) is 9.44. The first-order valence-electron chi connectivity index (χ1n) is 8.00. The van der Waals surface area contributed by atoms with E-state index in [1.165, 1.54) is 35.7 Å². The van der Waals surface area contributed by atoms with Crippen molar-refractivity contribution < 1.29 is 27.9 Å². The van der Waals surface area contributed by atoms with Gasteiger partial charge in [-0.25, -0.2) is 13.2 Å². The smallest absolute Gasteiger partial charge is 0.334 e. The Bertz CT molecular complexity index is 711. The highest BCUT2D eigenvalue weighted by Crippen LogP contribution is 2.20. The van der Waals surface area contributed by atoms with Crippen LogP contribution in [0.15, 0.2) is 29.2 Å². The Kier molecular flexibility index (Phi) is 6.51. The summed E-state index contributed by atoms with van der Waals surface area (Å²) in [6, 6.07) is 5.61. The van der Waals surface area contributed by atoms with Crippen molar-refractivity contribution in [2.45, 2.75) is 30.3 Å². The van der Waals surface area contributed by atoms with E-state index in [9.17, 15) is 18.0 Å². The zero-order valence-electron chi connectivity index (χ0n) is 14.0. The van der Waals surface area contributed by atoms with Crippen molar-refractivity contribution in [2.75, 3.05) is 26.7 Å². The lowest BCUT2D eigenvalue weighted by molar-refractivity contribution is -0.148. The van der Waals surface area contributed by atoms with Crippen LogP contribution >= 0.6 is 0 Å². The maximum absolute atomic E-state index is 12.5. The standard InChI is InChI=1S/C16H22N2O6S/c1-24-14(16(20)21)11-17-15(19)12-5-7-13(8-6-12)25(22,23)18-9-3-2-4-10-18/h5-8,14H,2-4,9-11H2,1H3,(H,17,19)(H,20,21). The van der Waals surface area contributed by atoms with Gasteiger partial charge in [-0.3, -0.25) is 4.79 Å². The van der Waals surface area contributed by atoms with Crippen LogP contribution in [0.4, 0.5) is 0 Å². The Hall–Kier alpha value is -1.97. The van der Waals surface area contributed by atoms with Gasteiger partial charge in [-0.2, -0.15) is 4.31 Å². The van der Waals surface area contributed by atoms with Crippen molar-refractivity contribution in [3.63, 3.8) is 0 Å². The Morgan fingerprint density at radius 3 is 2.32 bits per heavy atom. The highest BCUT2D eigenvalue weighted by atomic mass is 32.2. The highest BCUT2D eigenvalue weighted by molar-refractivity contribution is 7.89. The number of sulfonamides is 1. The number of carboxylic acids is 1. The third kappa shape index (κ3) is 4.77. The predicted molar refractivity (Wildman–Crippen MR) is 89.8 cm³/mol. The molecule has 138 valence electrons. The quantitative estimate of drug-likeness (QED) is 0.730. The van der Waals surface area contributed by atoms with E-state index in [2.05, 4.69) is 5.32 Å². The largest absolute Gasteiger partial charge is 0.479 e. The third-order valence-electron chi connectivity index (χ3n) is 4.08. The second-order valence-electron chi connectivity index (χ2n) is 5.76. The highest BCUT2D eigenvalue weighted by Gasteiger charge is 2.26. The molecule has 2 N–H and O–H groups in total. The van der Waals surface area contributed by atoms with Crippen LogP contribution in [0.3, 0.4) is 0 Å². The number of hydrogen-bond acceptors (Lipinski definition) is 5. The van der Waals surface area contributed by atoms with Crippen molar-refractivity contribution in [1.29, 1.82) is 0 Å². The molecule has 0 radical (unpaired) electrons. The number of carboxylic acid groups (broad SMARTS) is 1. The molecule has 9 heteroatoms. The molecule has 8 nitrogen and oxygen atoms in total. The van der Waals surface area contributed by atoms with Gasteiger partial charge in [0.15, 0.2) is 6.10 Å². The van der Waals surface area contributed by atoms with Crippen molar-refractivity contribution in [2.24, 2.45) is 0 Å². The van der Waals surface area contributed by atoms with E-state index in [1.54, 1.807) is 0 Å². The molecule has 2 rings (SSSR count). The Labute approximate surface area is 146 Å². The second kappa shape index (κ2) is 8.41. The number of amides is 1. The normalized spacial score (nSPS) is 17.0. The van der Waals surface area contributed by atoms with Crippen LogP contribution < -0.4 is 5.32 Å². The fraction of sp³-hybridized carbons (Fsp3) is 0.500. The number of aliphatic carboxylic acids is 1. The lowest BCUT2D eigenvalue weighted by atomic mass is 10.2. The molecule has 1 aliphatic heterocycles. The average Bonchev–Trinajstić information content (AvgIpc) is 2.62. The van der Waals surface area contributed by atoms with E-state index in [4.69, 9.17) is 9.84 Å². The minimum atomic E-state index is -3.54. The number of nitrogens with zero attached hydrogens (tertiary/aromatic N) is 1. The van der Waals surface area contributed by atoms with E-state index >= 15 is 0 Å². The molecule has 1 aromatic rings. The fourth-order valence-electron chi connectivity index (χ4n) is 2.59. The molecule has 1 heterocycles. The van der Waals surface area contributed by atoms with Crippen LogP contribution in [0.1, 0.15) is 29.6 Å². The minimum Gasteiger partial charge on any atom is -0.479 e. The average molecular weight is 370 g/mol. The molecule has 1 unspecified atom stereocenters. The molecule has 25 heavy (non-hydrogen) atoms. The van der Waals surface area contributed by atoms with Crippen molar-refractivity contribution in [3.8, 4) is 0 Å². The lowest BCUT2D eigenvalue weighted by Crippen LogP contribution is -2.38. The van der Waals surface area contributed by atoms with E-state index in [0.717, 1.165) is 19.3 Å². The number of nitrogens with one attached hydrogen (secondary N) is 1. The molecular weight excluding hydrogens is 348 g/mol. The number of carbonyl (C=O) groups excluding carboxylic acids is 1. The summed E-state index contributed by atoms with van der Waals surface area (Å²) in [5.74, 6) is -1.67. The maximum atomic E-state index is 12.5. The van der Waals surface area contributed by atoms with Crippen LogP contribution in [-0.4, -0.2) is 62.6 Å². The van der Waals surface area contributed by atoms with Crippen molar-refractivity contribution in [3.05, 3.63) is 29.8 Å². The van der Waals surface area contributed by atoms with Crippen LogP contribution in [0.2, 0.25) is 0 Å². The van der Waals surface area contributed by atoms with Crippen LogP contribution in [0, 0.1) is 0 Å². The number of rotatable bonds is 7. The van der Waals surface area contributed by atoms with Gasteiger partial charge < -0.3 is 15.2 Å². The van der Waals surface area contributed by atoms with E-state index in [-0.39, 0.29) is 17.0 Å². The number of methoxy groups -OCH3 is 1. The molecule has 1 amide bonds. The molecule has 0 saturated carbocycles. The van der Waals surface area contributed by atoms with Crippen LogP contribution in [0.5, 0.6) is 0 Å². The monoisotopic (exact) mass is 370 g/mol. The van der Waals surface area contributed by atoms with Gasteiger partial charge in [-0.1, -0.05) is 6.42 Å². The molecule has 0 spiro atoms. The lowest BCUT2D eigenvalue weighted by Gasteiger charge is -2.25. The molecule has 0 bridgehead atoms. The minimum absolute atomic E-state index is 0.145. The Morgan fingerprint density at radius 1 is 1.20 bits per heavy atom. The molecular formula is C16H22N2O6S. The van der Waals surface area contributed by atoms with Gasteiger partial charge in [0.1, 0.15) is 0 Å². The van der Waals surface area contributed by atoms with Gasteiger partial charge in [0.2, 0.25) is 10.0 Å². The fourth-order valence-corrected chi connectivity index (χ4v) is 4.11. The number of hydrogen-bond donors (Lipinski definition) is 2. The number of carbonyl (C=O) groups is 2. The van der Waals surface area contributed by atoms with Gasteiger partial charge in [0, 0.05) is 25.8 Å². The summed E-state index contributed by atoms with van der Waals surface area (Å²) in [6.07, 6.45) is 1.60. The summed E-state index contributed by atoms with van der Waals surface area (Å²) in [7, 11) is -2.30. The third-order valence-corrected chi connectivity index (χ3v) is 5.99. The summed E-state index contributed by atoms with van der Waals surface area (Å²) < 4.78 is 31.3. The number of piperidine rings is 1. The summed E-state index contributed by atoms with van der Waals surface area (Å²) in [6.45, 7) is 0.842. The van der Waals surface area contributed by atoms with E-state index in [0.29, 0.717) is 13.1 Å². The molecule has 0 aliphatic carbocycles. The topological polar surface area (TPSA) is 113 Å². The summed E-state index contributed by atoms with van der Waals surface area (Å²) in [5.41, 5.74) is 0.248. The zero-order valence-corrected chi connectivity index (χ0v) is 14.8. The summed E-state index contributed by atoms with van der Waals surface area (Å²) in [5, 5.41) is 11.3. The predicted octanol–water partition coefficient (Wildman–Crippen LogP) is 0.691. The first kappa shape index (κ1) is 19.4. The van der Waals surface area contributed by atoms with Crippen LogP contribution in [-0.2, 0) is 19.6 Å². The molecule has 1 saturated heterocycles. The molecule has 1 aromatic carbocycles. The summed E-state index contributed by atoms with van der Waals surface area (Å²) in [4.78, 5) is 23.0. The van der Waals surface area contributed by atoms with E-state index < -0.39 is 28.0 Å². The first-order chi connectivity index (χ1) is 11.9. The molecule has 0 aromatic heterocycles. The SMILES string of the molecule is COC(CNC(=O)c1ccc(S(=O)(=O)N2CCCCC2)cc1)C(=O)O.